The lowest BCUT2D eigenvalue weighted by Crippen LogP contribution is -2.69. The summed E-state index contributed by atoms with van der Waals surface area (Å²) >= 11 is 0. The number of hydrogen-bond acceptors (Lipinski definition) is 3. The van der Waals surface area contributed by atoms with Gasteiger partial charge in [-0.05, 0) is 57.8 Å². The number of amides is 2. The Balaban J connectivity index is 1.53. The van der Waals surface area contributed by atoms with Crippen molar-refractivity contribution in [2.45, 2.75) is 57.5 Å². The van der Waals surface area contributed by atoms with Crippen molar-refractivity contribution in [3.05, 3.63) is 0 Å². The molecule has 1 heterocycles. The minimum Gasteiger partial charge on any atom is -0.381 e. The molecule has 1 aliphatic heterocycles. The molecule has 2 unspecified atom stereocenters. The van der Waals surface area contributed by atoms with Crippen molar-refractivity contribution >= 4 is 11.8 Å². The highest BCUT2D eigenvalue weighted by Gasteiger charge is 2.54. The largest absolute Gasteiger partial charge is 0.381 e. The van der Waals surface area contributed by atoms with Crippen molar-refractivity contribution < 1.29 is 14.3 Å². The molecule has 3 fully saturated rings. The smallest absolute Gasteiger partial charge is 0.249 e. The van der Waals surface area contributed by atoms with E-state index in [0.717, 1.165) is 31.8 Å². The number of ether oxygens (including phenoxy) is 1. The zero-order valence-corrected chi connectivity index (χ0v) is 13.1. The van der Waals surface area contributed by atoms with Gasteiger partial charge in [-0.2, -0.15) is 0 Å². The van der Waals surface area contributed by atoms with Crippen LogP contribution in [0.2, 0.25) is 0 Å². The minimum atomic E-state index is -0.682. The van der Waals surface area contributed by atoms with Crippen molar-refractivity contribution in [2.75, 3.05) is 19.8 Å². The quantitative estimate of drug-likeness (QED) is 0.720. The second-order valence-corrected chi connectivity index (χ2v) is 7.01. The summed E-state index contributed by atoms with van der Waals surface area (Å²) in [6.07, 6.45) is 5.46. The highest BCUT2D eigenvalue weighted by atomic mass is 16.5. The highest BCUT2D eigenvalue weighted by Crippen LogP contribution is 2.42. The molecule has 5 heteroatoms. The van der Waals surface area contributed by atoms with Crippen molar-refractivity contribution in [3.8, 4) is 0 Å². The summed E-state index contributed by atoms with van der Waals surface area (Å²) in [6, 6.07) is -0.368. The molecule has 1 N–H and O–H groups in total. The summed E-state index contributed by atoms with van der Waals surface area (Å²) in [5.41, 5.74) is -0.682. The van der Waals surface area contributed by atoms with E-state index in [4.69, 9.17) is 4.74 Å². The van der Waals surface area contributed by atoms with Crippen LogP contribution in [-0.4, -0.2) is 48.1 Å². The van der Waals surface area contributed by atoms with Crippen LogP contribution in [0.1, 0.15) is 46.0 Å². The SMILES string of the molecule is CC1C(=O)NC(C)(C2CC2)C(=O)N1CCCOCC1CC1. The molecule has 2 atom stereocenters. The van der Waals surface area contributed by atoms with Gasteiger partial charge in [-0.15, -0.1) is 0 Å². The molecule has 0 aromatic rings. The van der Waals surface area contributed by atoms with E-state index in [1.54, 1.807) is 4.90 Å². The third-order valence-electron chi connectivity index (χ3n) is 5.07. The lowest BCUT2D eigenvalue weighted by molar-refractivity contribution is -0.154. The average Bonchev–Trinajstić information content (AvgIpc) is 3.31. The first kappa shape index (κ1) is 14.8. The van der Waals surface area contributed by atoms with Crippen molar-refractivity contribution in [1.82, 2.24) is 10.2 Å². The van der Waals surface area contributed by atoms with Gasteiger partial charge in [0.05, 0.1) is 0 Å². The first-order valence-electron chi connectivity index (χ1n) is 8.23. The fraction of sp³-hybridized carbons (Fsp3) is 0.875. The van der Waals surface area contributed by atoms with E-state index < -0.39 is 5.54 Å². The molecule has 5 nitrogen and oxygen atoms in total. The Hall–Kier alpha value is -1.10. The van der Waals surface area contributed by atoms with E-state index in [0.29, 0.717) is 19.1 Å². The fourth-order valence-corrected chi connectivity index (χ4v) is 3.13. The summed E-state index contributed by atoms with van der Waals surface area (Å²) in [5.74, 6) is 1.14. The van der Waals surface area contributed by atoms with E-state index >= 15 is 0 Å². The third kappa shape index (κ3) is 3.07. The van der Waals surface area contributed by atoms with Gasteiger partial charge in [0, 0.05) is 19.8 Å². The highest BCUT2D eigenvalue weighted by molar-refractivity contribution is 5.99. The zero-order chi connectivity index (χ0) is 15.0. The number of nitrogens with zero attached hydrogens (tertiary/aromatic N) is 1. The second-order valence-electron chi connectivity index (χ2n) is 7.01. The van der Waals surface area contributed by atoms with Gasteiger partial charge in [-0.1, -0.05) is 0 Å². The van der Waals surface area contributed by atoms with Crippen molar-refractivity contribution in [1.29, 1.82) is 0 Å². The third-order valence-corrected chi connectivity index (χ3v) is 5.07. The van der Waals surface area contributed by atoms with Gasteiger partial charge in [-0.25, -0.2) is 0 Å². The summed E-state index contributed by atoms with van der Waals surface area (Å²) in [4.78, 5) is 26.6. The second kappa shape index (κ2) is 5.59. The van der Waals surface area contributed by atoms with Crippen LogP contribution < -0.4 is 5.32 Å². The maximum absolute atomic E-state index is 12.7. The van der Waals surface area contributed by atoms with Crippen LogP contribution in [0.25, 0.3) is 0 Å². The molecule has 3 aliphatic rings. The van der Waals surface area contributed by atoms with E-state index in [9.17, 15) is 9.59 Å². The van der Waals surface area contributed by atoms with Crippen LogP contribution in [0.4, 0.5) is 0 Å². The average molecular weight is 294 g/mol. The van der Waals surface area contributed by atoms with Gasteiger partial charge in [0.1, 0.15) is 11.6 Å². The van der Waals surface area contributed by atoms with Gasteiger partial charge < -0.3 is 15.0 Å². The Morgan fingerprint density at radius 1 is 1.29 bits per heavy atom. The first-order valence-corrected chi connectivity index (χ1v) is 8.23. The Morgan fingerprint density at radius 3 is 2.62 bits per heavy atom. The van der Waals surface area contributed by atoms with Gasteiger partial charge in [0.2, 0.25) is 11.8 Å². The Morgan fingerprint density at radius 2 is 2.00 bits per heavy atom. The molecule has 0 radical (unpaired) electrons. The molecule has 0 aromatic heterocycles. The minimum absolute atomic E-state index is 0.0251. The van der Waals surface area contributed by atoms with E-state index in [-0.39, 0.29) is 17.9 Å². The topological polar surface area (TPSA) is 58.6 Å². The predicted molar refractivity (Wildman–Crippen MR) is 78.6 cm³/mol. The summed E-state index contributed by atoms with van der Waals surface area (Å²) in [5, 5.41) is 2.95. The molecule has 0 spiro atoms. The van der Waals surface area contributed by atoms with Gasteiger partial charge in [-0.3, -0.25) is 9.59 Å². The maximum atomic E-state index is 12.7. The van der Waals surface area contributed by atoms with Crippen LogP contribution in [0.5, 0.6) is 0 Å². The lowest BCUT2D eigenvalue weighted by Gasteiger charge is -2.43. The Labute approximate surface area is 126 Å². The first-order chi connectivity index (χ1) is 10.0. The monoisotopic (exact) mass is 294 g/mol. The predicted octanol–water partition coefficient (Wildman–Crippen LogP) is 1.32. The number of carbonyl (C=O) groups excluding carboxylic acids is 2. The number of piperazine rings is 1. The van der Waals surface area contributed by atoms with Crippen LogP contribution >= 0.6 is 0 Å². The molecule has 21 heavy (non-hydrogen) atoms. The lowest BCUT2D eigenvalue weighted by atomic mass is 9.89. The standard InChI is InChI=1S/C16H26N2O3/c1-11-14(19)17-16(2,13-6-7-13)15(20)18(11)8-3-9-21-10-12-4-5-12/h11-13H,3-10H2,1-2H3,(H,17,19). The number of carbonyl (C=O) groups is 2. The van der Waals surface area contributed by atoms with Crippen molar-refractivity contribution in [2.24, 2.45) is 11.8 Å². The fourth-order valence-electron chi connectivity index (χ4n) is 3.13. The van der Waals surface area contributed by atoms with Crippen LogP contribution in [0.3, 0.4) is 0 Å². The summed E-state index contributed by atoms with van der Waals surface area (Å²) in [7, 11) is 0. The van der Waals surface area contributed by atoms with Crippen molar-refractivity contribution in [3.63, 3.8) is 0 Å². The molecule has 0 bridgehead atoms. The number of hydrogen-bond donors (Lipinski definition) is 1. The van der Waals surface area contributed by atoms with Crippen LogP contribution in [0, 0.1) is 11.8 Å². The number of rotatable bonds is 7. The van der Waals surface area contributed by atoms with Crippen LogP contribution in [0.15, 0.2) is 0 Å². The molecule has 2 aliphatic carbocycles. The summed E-state index contributed by atoms with van der Waals surface area (Å²) in [6.45, 7) is 5.83. The zero-order valence-electron chi connectivity index (χ0n) is 13.1. The van der Waals surface area contributed by atoms with Gasteiger partial charge >= 0.3 is 0 Å². The van der Waals surface area contributed by atoms with Crippen LogP contribution in [-0.2, 0) is 14.3 Å². The molecule has 1 saturated heterocycles. The molecule has 3 rings (SSSR count). The molecule has 2 amide bonds. The number of nitrogens with one attached hydrogen (secondary N) is 1. The molecular formula is C16H26N2O3. The van der Waals surface area contributed by atoms with Gasteiger partial charge in [0.15, 0.2) is 0 Å². The van der Waals surface area contributed by atoms with E-state index in [1.807, 2.05) is 13.8 Å². The van der Waals surface area contributed by atoms with E-state index in [2.05, 4.69) is 5.32 Å². The normalized spacial score (nSPS) is 33.2. The Kier molecular flexibility index (Phi) is 3.95. The molecule has 2 saturated carbocycles. The van der Waals surface area contributed by atoms with E-state index in [1.165, 1.54) is 12.8 Å². The van der Waals surface area contributed by atoms with Gasteiger partial charge in [0.25, 0.3) is 0 Å². The Bertz CT molecular complexity index is 431. The molecule has 118 valence electrons. The molecule has 0 aromatic carbocycles. The maximum Gasteiger partial charge on any atom is 0.249 e. The molecular weight excluding hydrogens is 268 g/mol. The summed E-state index contributed by atoms with van der Waals surface area (Å²) < 4.78 is 5.62.